The predicted molar refractivity (Wildman–Crippen MR) is 111 cm³/mol. The lowest BCUT2D eigenvalue weighted by atomic mass is 9.49. The molecule has 4 fully saturated rings. The van der Waals surface area contributed by atoms with Crippen LogP contribution in [0.1, 0.15) is 81.9 Å². The van der Waals surface area contributed by atoms with E-state index in [1.807, 2.05) is 6.07 Å². The summed E-state index contributed by atoms with van der Waals surface area (Å²) in [5.74, 6) is 2.10. The smallest absolute Gasteiger partial charge is 0.307 e. The Kier molecular flexibility index (Phi) is 4.92. The SMILES string of the molecule is C[C@@H](OC(=O)CC12CC3CC(CC(C3)C1)C2)C(=O)N[C@H]1CCCc2ccccc21. The fourth-order valence-electron chi connectivity index (χ4n) is 7.30. The van der Waals surface area contributed by atoms with Crippen LogP contribution >= 0.6 is 0 Å². The molecule has 4 bridgehead atoms. The van der Waals surface area contributed by atoms with Crippen LogP contribution in [0.5, 0.6) is 0 Å². The number of carbonyl (C=O) groups excluding carboxylic acids is 2. The molecule has 156 valence electrons. The first-order valence-electron chi connectivity index (χ1n) is 11.6. The van der Waals surface area contributed by atoms with Crippen LogP contribution in [0, 0.1) is 23.2 Å². The summed E-state index contributed by atoms with van der Waals surface area (Å²) in [7, 11) is 0. The second kappa shape index (κ2) is 7.45. The number of benzene rings is 1. The van der Waals surface area contributed by atoms with Crippen LogP contribution < -0.4 is 5.32 Å². The number of rotatable bonds is 5. The number of nitrogens with one attached hydrogen (secondary N) is 1. The first-order valence-corrected chi connectivity index (χ1v) is 11.6. The monoisotopic (exact) mass is 395 g/mol. The maximum absolute atomic E-state index is 12.7. The Morgan fingerprint density at radius 1 is 1.10 bits per heavy atom. The molecule has 29 heavy (non-hydrogen) atoms. The Balaban J connectivity index is 1.17. The van der Waals surface area contributed by atoms with Gasteiger partial charge in [-0.1, -0.05) is 24.3 Å². The number of fused-ring (bicyclic) bond motifs is 1. The van der Waals surface area contributed by atoms with Crippen molar-refractivity contribution in [2.45, 2.75) is 83.3 Å². The molecule has 4 heteroatoms. The molecule has 0 saturated heterocycles. The summed E-state index contributed by atoms with van der Waals surface area (Å²) in [6, 6.07) is 8.35. The Morgan fingerprint density at radius 2 is 1.76 bits per heavy atom. The molecule has 4 saturated carbocycles. The lowest BCUT2D eigenvalue weighted by molar-refractivity contribution is -0.161. The normalized spacial score (nSPS) is 35.6. The topological polar surface area (TPSA) is 55.4 Å². The zero-order valence-corrected chi connectivity index (χ0v) is 17.5. The van der Waals surface area contributed by atoms with E-state index in [-0.39, 0.29) is 23.3 Å². The quantitative estimate of drug-likeness (QED) is 0.734. The maximum Gasteiger partial charge on any atom is 0.307 e. The summed E-state index contributed by atoms with van der Waals surface area (Å²) >= 11 is 0. The van der Waals surface area contributed by atoms with Crippen molar-refractivity contribution in [1.82, 2.24) is 5.32 Å². The van der Waals surface area contributed by atoms with Gasteiger partial charge >= 0.3 is 5.97 Å². The number of amides is 1. The van der Waals surface area contributed by atoms with Crippen molar-refractivity contribution in [3.8, 4) is 0 Å². The van der Waals surface area contributed by atoms with Gasteiger partial charge in [0.15, 0.2) is 6.10 Å². The molecule has 6 rings (SSSR count). The second-order valence-corrected chi connectivity index (χ2v) is 10.4. The lowest BCUT2D eigenvalue weighted by Gasteiger charge is -2.56. The van der Waals surface area contributed by atoms with Crippen molar-refractivity contribution >= 4 is 11.9 Å². The minimum Gasteiger partial charge on any atom is -0.453 e. The van der Waals surface area contributed by atoms with Crippen LogP contribution in [0.15, 0.2) is 24.3 Å². The van der Waals surface area contributed by atoms with Crippen molar-refractivity contribution in [2.75, 3.05) is 0 Å². The molecule has 5 aliphatic rings. The zero-order chi connectivity index (χ0) is 20.0. The van der Waals surface area contributed by atoms with Crippen molar-refractivity contribution in [1.29, 1.82) is 0 Å². The molecule has 0 heterocycles. The molecule has 0 aromatic heterocycles. The molecule has 4 nitrogen and oxygen atoms in total. The van der Waals surface area contributed by atoms with E-state index in [4.69, 9.17) is 4.74 Å². The van der Waals surface area contributed by atoms with Crippen LogP contribution in [0.3, 0.4) is 0 Å². The van der Waals surface area contributed by atoms with Gasteiger partial charge in [-0.25, -0.2) is 0 Å². The van der Waals surface area contributed by atoms with Crippen LogP contribution in [0.25, 0.3) is 0 Å². The average molecular weight is 396 g/mol. The standard InChI is InChI=1S/C25H33NO3/c1-16(24(28)26-22-8-4-6-20-5-2-3-7-21(20)22)29-23(27)15-25-12-17-9-18(13-25)11-19(10-17)14-25/h2-3,5,7,16-19,22H,4,6,8-15H2,1H3,(H,26,28)/t16-,17?,18?,19?,22+,25?/m1/s1. The van der Waals surface area contributed by atoms with Crippen molar-refractivity contribution in [3.63, 3.8) is 0 Å². The molecule has 0 aliphatic heterocycles. The third-order valence-corrected chi connectivity index (χ3v) is 8.05. The molecule has 2 atom stereocenters. The van der Waals surface area contributed by atoms with E-state index in [2.05, 4.69) is 23.5 Å². The minimum atomic E-state index is -0.731. The van der Waals surface area contributed by atoms with E-state index in [0.717, 1.165) is 37.0 Å². The first kappa shape index (κ1) is 19.1. The molecular formula is C25H33NO3. The molecule has 1 amide bonds. The third kappa shape index (κ3) is 3.83. The number of hydrogen-bond acceptors (Lipinski definition) is 3. The highest BCUT2D eigenvalue weighted by Crippen LogP contribution is 2.61. The van der Waals surface area contributed by atoms with Crippen molar-refractivity contribution in [3.05, 3.63) is 35.4 Å². The van der Waals surface area contributed by atoms with E-state index in [1.54, 1.807) is 6.92 Å². The van der Waals surface area contributed by atoms with Gasteiger partial charge in [0.2, 0.25) is 0 Å². The van der Waals surface area contributed by atoms with E-state index < -0.39 is 6.10 Å². The van der Waals surface area contributed by atoms with Crippen LogP contribution in [0.4, 0.5) is 0 Å². The number of esters is 1. The highest BCUT2D eigenvalue weighted by Gasteiger charge is 2.51. The average Bonchev–Trinajstić information content (AvgIpc) is 2.66. The summed E-state index contributed by atoms with van der Waals surface area (Å²) in [5, 5.41) is 3.12. The second-order valence-electron chi connectivity index (χ2n) is 10.4. The Labute approximate surface area is 173 Å². The Bertz CT molecular complexity index is 766. The summed E-state index contributed by atoms with van der Waals surface area (Å²) in [5.41, 5.74) is 2.68. The van der Waals surface area contributed by atoms with Gasteiger partial charge in [-0.2, -0.15) is 0 Å². The van der Waals surface area contributed by atoms with Crippen LogP contribution in [-0.4, -0.2) is 18.0 Å². The van der Waals surface area contributed by atoms with Gasteiger partial charge in [0.25, 0.3) is 5.91 Å². The van der Waals surface area contributed by atoms with Crippen LogP contribution in [-0.2, 0) is 20.7 Å². The van der Waals surface area contributed by atoms with E-state index in [1.165, 1.54) is 49.7 Å². The van der Waals surface area contributed by atoms with Gasteiger partial charge in [-0.15, -0.1) is 0 Å². The van der Waals surface area contributed by atoms with Crippen molar-refractivity contribution < 1.29 is 14.3 Å². The highest BCUT2D eigenvalue weighted by atomic mass is 16.5. The lowest BCUT2D eigenvalue weighted by Crippen LogP contribution is -2.47. The largest absolute Gasteiger partial charge is 0.453 e. The molecule has 5 aliphatic carbocycles. The molecule has 1 aromatic rings. The number of ether oxygens (including phenoxy) is 1. The molecule has 1 aromatic carbocycles. The molecule has 1 N–H and O–H groups in total. The summed E-state index contributed by atoms with van der Waals surface area (Å²) in [6.07, 6.45) is 10.5. The van der Waals surface area contributed by atoms with Crippen LogP contribution in [0.2, 0.25) is 0 Å². The minimum absolute atomic E-state index is 0.0248. The maximum atomic E-state index is 12.7. The Morgan fingerprint density at radius 3 is 2.45 bits per heavy atom. The third-order valence-electron chi connectivity index (χ3n) is 8.05. The van der Waals surface area contributed by atoms with Gasteiger partial charge in [0.1, 0.15) is 0 Å². The molecular weight excluding hydrogens is 362 g/mol. The van der Waals surface area contributed by atoms with Gasteiger partial charge < -0.3 is 10.1 Å². The predicted octanol–water partition coefficient (Wildman–Crippen LogP) is 4.72. The molecule has 0 radical (unpaired) electrons. The summed E-state index contributed by atoms with van der Waals surface area (Å²) in [6.45, 7) is 1.71. The zero-order valence-electron chi connectivity index (χ0n) is 17.5. The molecule has 0 spiro atoms. The summed E-state index contributed by atoms with van der Waals surface area (Å²) < 4.78 is 5.63. The van der Waals surface area contributed by atoms with Gasteiger partial charge in [-0.05, 0) is 99.0 Å². The highest BCUT2D eigenvalue weighted by molar-refractivity contribution is 5.84. The number of aryl methyl sites for hydroxylation is 1. The van der Waals surface area contributed by atoms with E-state index >= 15 is 0 Å². The van der Waals surface area contributed by atoms with Gasteiger partial charge in [-0.3, -0.25) is 9.59 Å². The number of hydrogen-bond donors (Lipinski definition) is 1. The van der Waals surface area contributed by atoms with Crippen molar-refractivity contribution in [2.24, 2.45) is 23.2 Å². The number of carbonyl (C=O) groups is 2. The van der Waals surface area contributed by atoms with E-state index in [0.29, 0.717) is 6.42 Å². The van der Waals surface area contributed by atoms with E-state index in [9.17, 15) is 9.59 Å². The summed E-state index contributed by atoms with van der Waals surface area (Å²) in [4.78, 5) is 25.5. The first-order chi connectivity index (χ1) is 14.0. The Hall–Kier alpha value is -1.84. The van der Waals surface area contributed by atoms with Gasteiger partial charge in [0, 0.05) is 0 Å². The fraction of sp³-hybridized carbons (Fsp3) is 0.680. The molecule has 0 unspecified atom stereocenters. The fourth-order valence-corrected chi connectivity index (χ4v) is 7.30. The van der Waals surface area contributed by atoms with Gasteiger partial charge in [0.05, 0.1) is 12.5 Å².